The van der Waals surface area contributed by atoms with E-state index in [1.807, 2.05) is 44.3 Å². The van der Waals surface area contributed by atoms with Crippen molar-refractivity contribution in [2.75, 3.05) is 32.6 Å². The summed E-state index contributed by atoms with van der Waals surface area (Å²) >= 11 is 0. The first-order valence-electron chi connectivity index (χ1n) is 12.4. The van der Waals surface area contributed by atoms with E-state index in [2.05, 4.69) is 16.0 Å². The van der Waals surface area contributed by atoms with Gasteiger partial charge in [0.05, 0.1) is 23.7 Å². The highest BCUT2D eigenvalue weighted by Gasteiger charge is 2.30. The average molecular weight is 494 g/mol. The van der Waals surface area contributed by atoms with E-state index in [9.17, 15) is 14.4 Å². The van der Waals surface area contributed by atoms with E-state index in [4.69, 9.17) is 4.74 Å². The van der Waals surface area contributed by atoms with Crippen molar-refractivity contribution in [1.82, 2.24) is 19.8 Å². The van der Waals surface area contributed by atoms with Crippen LogP contribution in [0.5, 0.6) is 5.75 Å². The summed E-state index contributed by atoms with van der Waals surface area (Å²) in [5.74, 6) is 0.413. The van der Waals surface area contributed by atoms with Crippen LogP contribution < -0.4 is 26.4 Å². The lowest BCUT2D eigenvalue weighted by molar-refractivity contribution is -0.121. The molecule has 1 aliphatic rings. The van der Waals surface area contributed by atoms with Gasteiger partial charge in [0.15, 0.2) is 0 Å². The second-order valence-electron chi connectivity index (χ2n) is 9.42. The predicted octanol–water partition coefficient (Wildman–Crippen LogP) is 2.98. The van der Waals surface area contributed by atoms with Crippen LogP contribution in [-0.4, -0.2) is 48.2 Å². The molecular weight excluding hydrogens is 458 g/mol. The minimum Gasteiger partial charge on any atom is -0.496 e. The third-order valence-corrected chi connectivity index (χ3v) is 7.12. The summed E-state index contributed by atoms with van der Waals surface area (Å²) in [6.07, 6.45) is 2.80. The maximum Gasteiger partial charge on any atom is 0.329 e. The average Bonchev–Trinajstić information content (AvgIpc) is 3.15. The number of hydrogen-bond donors (Lipinski definition) is 3. The van der Waals surface area contributed by atoms with Gasteiger partial charge in [-0.3, -0.25) is 18.7 Å². The van der Waals surface area contributed by atoms with E-state index < -0.39 is 0 Å². The molecule has 1 saturated carbocycles. The quantitative estimate of drug-likeness (QED) is 0.419. The molecule has 1 fully saturated rings. The molecule has 3 aromatic rings. The van der Waals surface area contributed by atoms with Crippen LogP contribution in [0.3, 0.4) is 0 Å². The number of ether oxygens (including phenoxy) is 1. The van der Waals surface area contributed by atoms with Crippen molar-refractivity contribution >= 4 is 28.5 Å². The number of amides is 2. The van der Waals surface area contributed by atoms with Crippen molar-refractivity contribution < 1.29 is 14.3 Å². The number of carbonyl (C=O) groups excluding carboxylic acids is 2. The molecule has 1 aliphatic carbocycles. The largest absolute Gasteiger partial charge is 0.496 e. The van der Waals surface area contributed by atoms with Crippen molar-refractivity contribution in [3.05, 3.63) is 58.0 Å². The second kappa shape index (κ2) is 11.0. The van der Waals surface area contributed by atoms with Crippen molar-refractivity contribution in [3.8, 4) is 5.75 Å². The number of carbonyl (C=O) groups is 2. The molecule has 1 aromatic heterocycles. The van der Waals surface area contributed by atoms with E-state index in [0.29, 0.717) is 49.9 Å². The number of anilines is 1. The number of hydrogen-bond acceptors (Lipinski definition) is 5. The van der Waals surface area contributed by atoms with Gasteiger partial charge in [-0.1, -0.05) is 12.1 Å². The zero-order chi connectivity index (χ0) is 25.8. The zero-order valence-electron chi connectivity index (χ0n) is 21.4. The van der Waals surface area contributed by atoms with Gasteiger partial charge < -0.3 is 20.7 Å². The number of benzene rings is 2. The van der Waals surface area contributed by atoms with Crippen LogP contribution in [0.2, 0.25) is 0 Å². The minimum absolute atomic E-state index is 0.00912. The molecule has 4 rings (SSSR count). The van der Waals surface area contributed by atoms with E-state index in [-0.39, 0.29) is 29.5 Å². The topological polar surface area (TPSA) is 106 Å². The Morgan fingerprint density at radius 3 is 2.53 bits per heavy atom. The van der Waals surface area contributed by atoms with Gasteiger partial charge in [-0.2, -0.15) is 0 Å². The van der Waals surface area contributed by atoms with E-state index in [1.54, 1.807) is 29.4 Å². The molecular formula is C27H35N5O4. The Labute approximate surface area is 210 Å². The number of fused-ring (bicyclic) bond motifs is 1. The van der Waals surface area contributed by atoms with Gasteiger partial charge in [0.1, 0.15) is 5.75 Å². The number of imidazole rings is 1. The highest BCUT2D eigenvalue weighted by molar-refractivity contribution is 6.05. The molecule has 0 atom stereocenters. The normalized spacial score (nSPS) is 17.7. The molecule has 3 N–H and O–H groups in total. The summed E-state index contributed by atoms with van der Waals surface area (Å²) in [6.45, 7) is 3.12. The fourth-order valence-electron chi connectivity index (χ4n) is 5.11. The number of aryl methyl sites for hydroxylation is 2. The lowest BCUT2D eigenvalue weighted by atomic mass is 9.85. The van der Waals surface area contributed by atoms with Crippen LogP contribution in [0.25, 0.3) is 11.0 Å². The second-order valence-corrected chi connectivity index (χ2v) is 9.42. The van der Waals surface area contributed by atoms with Gasteiger partial charge in [-0.25, -0.2) is 4.79 Å². The number of rotatable bonds is 8. The van der Waals surface area contributed by atoms with Gasteiger partial charge in [-0.05, 0) is 63.4 Å². The highest BCUT2D eigenvalue weighted by Crippen LogP contribution is 2.35. The molecule has 9 heteroatoms. The molecule has 9 nitrogen and oxygen atoms in total. The van der Waals surface area contributed by atoms with Crippen LogP contribution in [0.4, 0.5) is 5.69 Å². The Morgan fingerprint density at radius 2 is 1.83 bits per heavy atom. The molecule has 2 amide bonds. The maximum absolute atomic E-state index is 13.3. The fraction of sp³-hybridized carbons (Fsp3) is 0.444. The van der Waals surface area contributed by atoms with E-state index in [1.165, 1.54) is 0 Å². The minimum atomic E-state index is -0.197. The fourth-order valence-corrected chi connectivity index (χ4v) is 5.11. The Bertz CT molecular complexity index is 1320. The summed E-state index contributed by atoms with van der Waals surface area (Å²) in [6, 6.07) is 11.1. The molecule has 1 heterocycles. The van der Waals surface area contributed by atoms with Crippen molar-refractivity contribution in [2.24, 2.45) is 13.0 Å². The summed E-state index contributed by atoms with van der Waals surface area (Å²) < 4.78 is 8.72. The van der Waals surface area contributed by atoms with Crippen LogP contribution in [0.15, 0.2) is 41.2 Å². The number of likely N-dealkylation sites (N-methyl/N-ethyl adjacent to an activating group) is 1. The Kier molecular flexibility index (Phi) is 7.79. The summed E-state index contributed by atoms with van der Waals surface area (Å²) in [5.41, 5.74) is 3.47. The molecule has 0 saturated heterocycles. The highest BCUT2D eigenvalue weighted by atomic mass is 16.5. The molecule has 0 aliphatic heterocycles. The monoisotopic (exact) mass is 493 g/mol. The zero-order valence-corrected chi connectivity index (χ0v) is 21.4. The number of methoxy groups -OCH3 is 1. The molecule has 0 unspecified atom stereocenters. The molecule has 0 spiro atoms. The van der Waals surface area contributed by atoms with Crippen LogP contribution in [0.1, 0.15) is 47.6 Å². The number of aromatic nitrogens is 2. The summed E-state index contributed by atoms with van der Waals surface area (Å²) in [7, 11) is 5.15. The van der Waals surface area contributed by atoms with Gasteiger partial charge in [0, 0.05) is 43.9 Å². The summed E-state index contributed by atoms with van der Waals surface area (Å²) in [4.78, 5) is 39.0. The molecule has 36 heavy (non-hydrogen) atoms. The maximum atomic E-state index is 13.3. The van der Waals surface area contributed by atoms with Gasteiger partial charge in [0.2, 0.25) is 5.91 Å². The lowest BCUT2D eigenvalue weighted by Gasteiger charge is -2.28. The van der Waals surface area contributed by atoms with Crippen LogP contribution in [-0.2, 0) is 11.8 Å². The lowest BCUT2D eigenvalue weighted by Crippen LogP contribution is -2.32. The molecule has 2 aromatic carbocycles. The first kappa shape index (κ1) is 25.5. The van der Waals surface area contributed by atoms with Gasteiger partial charge in [0.25, 0.3) is 5.91 Å². The van der Waals surface area contributed by atoms with Crippen LogP contribution in [0, 0.1) is 12.8 Å². The van der Waals surface area contributed by atoms with Crippen molar-refractivity contribution in [3.63, 3.8) is 0 Å². The summed E-state index contributed by atoms with van der Waals surface area (Å²) in [5, 5.41) is 8.91. The Morgan fingerprint density at radius 1 is 1.08 bits per heavy atom. The van der Waals surface area contributed by atoms with Crippen LogP contribution >= 0.6 is 0 Å². The standard InChI is InChI=1S/C27H35N5O4/c1-17-8-11-19(16-23(17)36-4)30-25(33)18-9-12-20(13-10-18)32-22-7-5-6-21(24(22)31(3)27(32)35)26(34)29-15-14-28-2/h5-8,11,16,18,20,28H,9-10,12-15H2,1-4H3,(H,29,34)(H,30,33). The first-order valence-corrected chi connectivity index (χ1v) is 12.4. The number of para-hydroxylation sites is 1. The first-order chi connectivity index (χ1) is 17.3. The number of nitrogens with one attached hydrogen (secondary N) is 3. The Balaban J connectivity index is 1.49. The van der Waals surface area contributed by atoms with Gasteiger partial charge in [-0.15, -0.1) is 0 Å². The SMILES string of the molecule is CNCCNC(=O)c1cccc2c1n(C)c(=O)n2C1CCC(C(=O)Nc2ccc(C)c(OC)c2)CC1. The van der Waals surface area contributed by atoms with E-state index >= 15 is 0 Å². The Hall–Kier alpha value is -3.59. The van der Waals surface area contributed by atoms with E-state index in [0.717, 1.165) is 22.5 Å². The predicted molar refractivity (Wildman–Crippen MR) is 141 cm³/mol. The number of nitrogens with zero attached hydrogens (tertiary/aromatic N) is 2. The molecule has 0 bridgehead atoms. The smallest absolute Gasteiger partial charge is 0.329 e. The third-order valence-electron chi connectivity index (χ3n) is 7.12. The third kappa shape index (κ3) is 5.02. The molecule has 0 radical (unpaired) electrons. The van der Waals surface area contributed by atoms with Gasteiger partial charge >= 0.3 is 5.69 Å². The van der Waals surface area contributed by atoms with Crippen molar-refractivity contribution in [2.45, 2.75) is 38.6 Å². The molecule has 192 valence electrons. The van der Waals surface area contributed by atoms with Crippen molar-refractivity contribution in [1.29, 1.82) is 0 Å².